The summed E-state index contributed by atoms with van der Waals surface area (Å²) in [4.78, 5) is 25.6. The van der Waals surface area contributed by atoms with Crippen LogP contribution in [0.2, 0.25) is 0 Å². The number of rotatable bonds is 4. The Morgan fingerprint density at radius 3 is 2.62 bits per heavy atom. The lowest BCUT2D eigenvalue weighted by Gasteiger charge is -2.32. The van der Waals surface area contributed by atoms with E-state index in [0.717, 1.165) is 31.5 Å². The zero-order valence-corrected chi connectivity index (χ0v) is 12.9. The molecule has 0 unspecified atom stereocenters. The highest BCUT2D eigenvalue weighted by Crippen LogP contribution is 2.12. The fraction of sp³-hybridized carbons (Fsp3) is 0.529. The molecule has 1 saturated heterocycles. The summed E-state index contributed by atoms with van der Waals surface area (Å²) < 4.78 is 0. The van der Waals surface area contributed by atoms with Crippen LogP contribution in [-0.4, -0.2) is 35.8 Å². The summed E-state index contributed by atoms with van der Waals surface area (Å²) in [5.74, 6) is 0.278. The first-order valence-electron chi connectivity index (χ1n) is 7.71. The van der Waals surface area contributed by atoms with Crippen LogP contribution >= 0.6 is 0 Å². The van der Waals surface area contributed by atoms with Crippen LogP contribution < -0.4 is 5.32 Å². The number of hydrogen-bond donors (Lipinski definition) is 1. The van der Waals surface area contributed by atoms with Gasteiger partial charge in [0, 0.05) is 25.6 Å². The van der Waals surface area contributed by atoms with Gasteiger partial charge in [0.1, 0.15) is 0 Å². The predicted molar refractivity (Wildman–Crippen MR) is 82.9 cm³/mol. The SMILES string of the molecule is CCC(=O)N1CCC(NC(=O)Cc2cccc(C)c2)CC1. The standard InChI is InChI=1S/C17H24N2O2/c1-3-17(21)19-9-7-15(8-10-19)18-16(20)12-14-6-4-5-13(2)11-14/h4-6,11,15H,3,7-10,12H2,1-2H3,(H,18,20). The van der Waals surface area contributed by atoms with Crippen molar-refractivity contribution in [2.45, 2.75) is 45.6 Å². The molecule has 1 aromatic rings. The van der Waals surface area contributed by atoms with Crippen LogP contribution in [-0.2, 0) is 16.0 Å². The molecular formula is C17H24N2O2. The van der Waals surface area contributed by atoms with Crippen LogP contribution in [0, 0.1) is 6.92 Å². The average molecular weight is 288 g/mol. The minimum atomic E-state index is 0.0702. The highest BCUT2D eigenvalue weighted by molar-refractivity contribution is 5.79. The molecule has 0 bridgehead atoms. The molecule has 0 radical (unpaired) electrons. The molecule has 1 aliphatic heterocycles. The molecular weight excluding hydrogens is 264 g/mol. The van der Waals surface area contributed by atoms with Crippen molar-refractivity contribution in [3.63, 3.8) is 0 Å². The topological polar surface area (TPSA) is 49.4 Å². The molecule has 2 amide bonds. The van der Waals surface area contributed by atoms with Gasteiger partial charge in [-0.3, -0.25) is 9.59 Å². The summed E-state index contributed by atoms with van der Waals surface area (Å²) in [5, 5.41) is 3.09. The largest absolute Gasteiger partial charge is 0.353 e. The summed E-state index contributed by atoms with van der Waals surface area (Å²) in [5.41, 5.74) is 2.22. The van der Waals surface area contributed by atoms with Crippen LogP contribution in [0.5, 0.6) is 0 Å². The van der Waals surface area contributed by atoms with E-state index >= 15 is 0 Å². The number of likely N-dealkylation sites (tertiary alicyclic amines) is 1. The van der Waals surface area contributed by atoms with Gasteiger partial charge in [-0.15, -0.1) is 0 Å². The van der Waals surface area contributed by atoms with E-state index in [4.69, 9.17) is 0 Å². The Balaban J connectivity index is 1.78. The van der Waals surface area contributed by atoms with Crippen LogP contribution in [0.3, 0.4) is 0 Å². The van der Waals surface area contributed by atoms with Gasteiger partial charge in [-0.25, -0.2) is 0 Å². The number of carbonyl (C=O) groups excluding carboxylic acids is 2. The Kier molecular flexibility index (Phi) is 5.37. The van der Waals surface area contributed by atoms with Gasteiger partial charge >= 0.3 is 0 Å². The molecule has 1 aromatic carbocycles. The van der Waals surface area contributed by atoms with Crippen molar-refractivity contribution >= 4 is 11.8 Å². The molecule has 0 spiro atoms. The fourth-order valence-electron chi connectivity index (χ4n) is 2.78. The number of benzene rings is 1. The second kappa shape index (κ2) is 7.25. The highest BCUT2D eigenvalue weighted by atomic mass is 16.2. The van der Waals surface area contributed by atoms with Crippen molar-refractivity contribution in [1.29, 1.82) is 0 Å². The quantitative estimate of drug-likeness (QED) is 0.922. The van der Waals surface area contributed by atoms with E-state index in [1.54, 1.807) is 0 Å². The van der Waals surface area contributed by atoms with E-state index in [1.165, 1.54) is 5.56 Å². The summed E-state index contributed by atoms with van der Waals surface area (Å²) in [6.07, 6.45) is 2.69. The second-order valence-corrected chi connectivity index (χ2v) is 5.74. The number of hydrogen-bond acceptors (Lipinski definition) is 2. The van der Waals surface area contributed by atoms with Gasteiger partial charge in [-0.1, -0.05) is 36.8 Å². The second-order valence-electron chi connectivity index (χ2n) is 5.74. The first-order valence-corrected chi connectivity index (χ1v) is 7.71. The van der Waals surface area contributed by atoms with Gasteiger partial charge in [-0.05, 0) is 25.3 Å². The first-order chi connectivity index (χ1) is 10.1. The highest BCUT2D eigenvalue weighted by Gasteiger charge is 2.22. The van der Waals surface area contributed by atoms with Crippen LogP contribution in [0.4, 0.5) is 0 Å². The van der Waals surface area contributed by atoms with Crippen molar-refractivity contribution in [2.24, 2.45) is 0 Å². The summed E-state index contributed by atoms with van der Waals surface area (Å²) >= 11 is 0. The molecule has 1 N–H and O–H groups in total. The zero-order chi connectivity index (χ0) is 15.2. The zero-order valence-electron chi connectivity index (χ0n) is 12.9. The maximum Gasteiger partial charge on any atom is 0.224 e. The van der Waals surface area contributed by atoms with Crippen LogP contribution in [0.1, 0.15) is 37.3 Å². The molecule has 21 heavy (non-hydrogen) atoms. The molecule has 0 saturated carbocycles. The number of aryl methyl sites for hydroxylation is 1. The van der Waals surface area contributed by atoms with E-state index in [1.807, 2.05) is 43.0 Å². The lowest BCUT2D eigenvalue weighted by molar-refractivity contribution is -0.132. The van der Waals surface area contributed by atoms with E-state index in [0.29, 0.717) is 12.8 Å². The Hall–Kier alpha value is -1.84. The summed E-state index contributed by atoms with van der Waals surface area (Å²) in [6, 6.07) is 8.23. The Labute approximate surface area is 126 Å². The number of amides is 2. The van der Waals surface area contributed by atoms with Crippen LogP contribution in [0.15, 0.2) is 24.3 Å². The van der Waals surface area contributed by atoms with E-state index in [2.05, 4.69) is 5.32 Å². The Morgan fingerprint density at radius 2 is 2.00 bits per heavy atom. The molecule has 114 valence electrons. The molecule has 0 aromatic heterocycles. The maximum absolute atomic E-state index is 12.1. The lowest BCUT2D eigenvalue weighted by Crippen LogP contribution is -2.46. The van der Waals surface area contributed by atoms with E-state index < -0.39 is 0 Å². The van der Waals surface area contributed by atoms with Crippen molar-refractivity contribution in [3.05, 3.63) is 35.4 Å². The van der Waals surface area contributed by atoms with Gasteiger partial charge < -0.3 is 10.2 Å². The van der Waals surface area contributed by atoms with Crippen molar-refractivity contribution < 1.29 is 9.59 Å². The predicted octanol–water partition coefficient (Wildman–Crippen LogP) is 2.05. The average Bonchev–Trinajstić information content (AvgIpc) is 2.47. The number of nitrogens with zero attached hydrogens (tertiary/aromatic N) is 1. The van der Waals surface area contributed by atoms with Gasteiger partial charge in [-0.2, -0.15) is 0 Å². The molecule has 0 aliphatic carbocycles. The minimum absolute atomic E-state index is 0.0702. The molecule has 1 heterocycles. The molecule has 1 fully saturated rings. The normalized spacial score (nSPS) is 15.8. The smallest absolute Gasteiger partial charge is 0.224 e. The van der Waals surface area contributed by atoms with Crippen LogP contribution in [0.25, 0.3) is 0 Å². The Bertz CT molecular complexity index is 505. The van der Waals surface area contributed by atoms with E-state index in [9.17, 15) is 9.59 Å². The third-order valence-electron chi connectivity index (χ3n) is 3.96. The lowest BCUT2D eigenvalue weighted by atomic mass is 10.0. The molecule has 1 aliphatic rings. The summed E-state index contributed by atoms with van der Waals surface area (Å²) in [6.45, 7) is 5.42. The molecule has 0 atom stereocenters. The number of carbonyl (C=O) groups is 2. The van der Waals surface area contributed by atoms with Gasteiger partial charge in [0.05, 0.1) is 6.42 Å². The third kappa shape index (κ3) is 4.59. The minimum Gasteiger partial charge on any atom is -0.353 e. The van der Waals surface area contributed by atoms with Gasteiger partial charge in [0.2, 0.25) is 11.8 Å². The maximum atomic E-state index is 12.1. The number of nitrogens with one attached hydrogen (secondary N) is 1. The first kappa shape index (κ1) is 15.5. The van der Waals surface area contributed by atoms with E-state index in [-0.39, 0.29) is 17.9 Å². The van der Waals surface area contributed by atoms with Gasteiger partial charge in [0.25, 0.3) is 0 Å². The molecule has 2 rings (SSSR count). The molecule has 4 heteroatoms. The summed E-state index contributed by atoms with van der Waals surface area (Å²) in [7, 11) is 0. The third-order valence-corrected chi connectivity index (χ3v) is 3.96. The van der Waals surface area contributed by atoms with Crippen molar-refractivity contribution in [2.75, 3.05) is 13.1 Å². The van der Waals surface area contributed by atoms with Crippen molar-refractivity contribution in [3.8, 4) is 0 Å². The molecule has 4 nitrogen and oxygen atoms in total. The monoisotopic (exact) mass is 288 g/mol. The van der Waals surface area contributed by atoms with Gasteiger partial charge in [0.15, 0.2) is 0 Å². The Morgan fingerprint density at radius 1 is 1.29 bits per heavy atom. The fourth-order valence-corrected chi connectivity index (χ4v) is 2.78. The number of piperidine rings is 1. The van der Waals surface area contributed by atoms with Crippen molar-refractivity contribution in [1.82, 2.24) is 10.2 Å².